The molecule has 0 aliphatic carbocycles. The van der Waals surface area contributed by atoms with E-state index >= 15 is 0 Å². The largest absolute Gasteiger partial charge is 0.398 e. The Kier molecular flexibility index (Phi) is 5.73. The van der Waals surface area contributed by atoms with Gasteiger partial charge >= 0.3 is 0 Å². The van der Waals surface area contributed by atoms with E-state index in [1.807, 2.05) is 13.2 Å². The fourth-order valence-electron chi connectivity index (χ4n) is 1.68. The second-order valence-corrected chi connectivity index (χ2v) is 8.24. The molecule has 2 N–H and O–H groups in total. The summed E-state index contributed by atoms with van der Waals surface area (Å²) in [4.78, 5) is 0.259. The number of hydrogen-bond acceptors (Lipinski definition) is 4. The standard InChI is InChI=1S/C12H19BrN2O2S2/c1-8(7-18-4)15(3)19(16,17)12-6-10(13)5-11(14)9(12)2/h5-6,8H,7,14H2,1-4H3. The molecule has 0 aliphatic heterocycles. The minimum atomic E-state index is -3.53. The first-order valence-corrected chi connectivity index (χ1v) is 9.37. The molecule has 0 radical (unpaired) electrons. The monoisotopic (exact) mass is 366 g/mol. The van der Waals surface area contributed by atoms with Gasteiger partial charge in [0.05, 0.1) is 4.90 Å². The molecule has 1 unspecified atom stereocenters. The summed E-state index contributed by atoms with van der Waals surface area (Å²) < 4.78 is 27.3. The van der Waals surface area contributed by atoms with Crippen molar-refractivity contribution in [2.45, 2.75) is 24.8 Å². The fourth-order valence-corrected chi connectivity index (χ4v) is 4.75. The smallest absolute Gasteiger partial charge is 0.243 e. The van der Waals surface area contributed by atoms with E-state index in [0.29, 0.717) is 15.7 Å². The Morgan fingerprint density at radius 1 is 1.47 bits per heavy atom. The predicted molar refractivity (Wildman–Crippen MR) is 86.1 cm³/mol. The summed E-state index contributed by atoms with van der Waals surface area (Å²) in [5, 5.41) is 0. The van der Waals surface area contributed by atoms with Crippen molar-refractivity contribution in [3.63, 3.8) is 0 Å². The molecule has 0 amide bonds. The van der Waals surface area contributed by atoms with E-state index in [9.17, 15) is 8.42 Å². The van der Waals surface area contributed by atoms with E-state index in [0.717, 1.165) is 5.75 Å². The van der Waals surface area contributed by atoms with Crippen LogP contribution in [0.15, 0.2) is 21.5 Å². The second kappa shape index (κ2) is 6.47. The van der Waals surface area contributed by atoms with E-state index in [4.69, 9.17) is 5.73 Å². The van der Waals surface area contributed by atoms with Crippen molar-refractivity contribution < 1.29 is 8.42 Å². The lowest BCUT2D eigenvalue weighted by molar-refractivity contribution is 0.415. The van der Waals surface area contributed by atoms with E-state index in [-0.39, 0.29) is 10.9 Å². The first-order valence-electron chi connectivity index (χ1n) is 5.74. The van der Waals surface area contributed by atoms with E-state index in [2.05, 4.69) is 15.9 Å². The van der Waals surface area contributed by atoms with Crippen molar-refractivity contribution in [2.75, 3.05) is 24.8 Å². The Balaban J connectivity index is 3.28. The molecular weight excluding hydrogens is 348 g/mol. The Hall–Kier alpha value is -0.240. The van der Waals surface area contributed by atoms with Gasteiger partial charge in [0.25, 0.3) is 0 Å². The first-order chi connectivity index (χ1) is 8.71. The maximum atomic E-state index is 12.6. The van der Waals surface area contributed by atoms with E-state index < -0.39 is 10.0 Å². The summed E-state index contributed by atoms with van der Waals surface area (Å²) in [5.74, 6) is 0.748. The number of rotatable bonds is 5. The van der Waals surface area contributed by atoms with Gasteiger partial charge in [-0.05, 0) is 37.8 Å². The van der Waals surface area contributed by atoms with Gasteiger partial charge in [-0.15, -0.1) is 0 Å². The summed E-state index contributed by atoms with van der Waals surface area (Å²) in [5.41, 5.74) is 6.90. The van der Waals surface area contributed by atoms with Gasteiger partial charge in [0.1, 0.15) is 0 Å². The minimum absolute atomic E-state index is 0.0698. The fraction of sp³-hybridized carbons (Fsp3) is 0.500. The second-order valence-electron chi connectivity index (χ2n) is 4.44. The van der Waals surface area contributed by atoms with Crippen LogP contribution in [0.1, 0.15) is 12.5 Å². The molecule has 108 valence electrons. The average molecular weight is 367 g/mol. The van der Waals surface area contributed by atoms with Crippen molar-refractivity contribution >= 4 is 43.4 Å². The molecule has 7 heteroatoms. The molecule has 1 aromatic carbocycles. The average Bonchev–Trinajstić information content (AvgIpc) is 2.32. The summed E-state index contributed by atoms with van der Waals surface area (Å²) in [7, 11) is -1.92. The number of benzene rings is 1. The molecule has 1 aromatic rings. The van der Waals surface area contributed by atoms with Crippen LogP contribution < -0.4 is 5.73 Å². The quantitative estimate of drug-likeness (QED) is 0.813. The zero-order valence-electron chi connectivity index (χ0n) is 11.5. The molecular formula is C12H19BrN2O2S2. The molecule has 4 nitrogen and oxygen atoms in total. The lowest BCUT2D eigenvalue weighted by Crippen LogP contribution is -2.37. The van der Waals surface area contributed by atoms with Crippen LogP contribution in [0.2, 0.25) is 0 Å². The molecule has 0 spiro atoms. The van der Waals surface area contributed by atoms with Crippen LogP contribution in [0.3, 0.4) is 0 Å². The summed E-state index contributed by atoms with van der Waals surface area (Å²) in [6, 6.07) is 3.24. The third-order valence-corrected chi connectivity index (χ3v) is 6.42. The minimum Gasteiger partial charge on any atom is -0.398 e. The van der Waals surface area contributed by atoms with Crippen LogP contribution in [0.4, 0.5) is 5.69 Å². The molecule has 0 bridgehead atoms. The summed E-state index contributed by atoms with van der Waals surface area (Å²) in [6.07, 6.45) is 1.96. The number of hydrogen-bond donors (Lipinski definition) is 1. The normalized spacial score (nSPS) is 13.8. The molecule has 0 fully saturated rings. The maximum Gasteiger partial charge on any atom is 0.243 e. The number of nitrogens with two attached hydrogens (primary N) is 1. The van der Waals surface area contributed by atoms with Crippen molar-refractivity contribution in [2.24, 2.45) is 0 Å². The highest BCUT2D eigenvalue weighted by molar-refractivity contribution is 9.10. The van der Waals surface area contributed by atoms with Gasteiger partial charge in [0, 0.05) is 29.0 Å². The van der Waals surface area contributed by atoms with Gasteiger partial charge in [-0.3, -0.25) is 0 Å². The number of sulfonamides is 1. The molecule has 0 saturated carbocycles. The predicted octanol–water partition coefficient (Wildman–Crippen LogP) is 2.71. The van der Waals surface area contributed by atoms with E-state index in [1.54, 1.807) is 37.9 Å². The molecule has 1 rings (SSSR count). The summed E-state index contributed by atoms with van der Waals surface area (Å²) >= 11 is 4.91. The number of nitrogen functional groups attached to an aromatic ring is 1. The van der Waals surface area contributed by atoms with Crippen LogP contribution >= 0.6 is 27.7 Å². The van der Waals surface area contributed by atoms with Gasteiger partial charge in [0.15, 0.2) is 0 Å². The first kappa shape index (κ1) is 16.8. The highest BCUT2D eigenvalue weighted by Gasteiger charge is 2.27. The third-order valence-electron chi connectivity index (χ3n) is 3.05. The third kappa shape index (κ3) is 3.65. The maximum absolute atomic E-state index is 12.6. The van der Waals surface area contributed by atoms with Crippen molar-refractivity contribution in [1.29, 1.82) is 0 Å². The van der Waals surface area contributed by atoms with Gasteiger partial charge < -0.3 is 5.73 Å². The Morgan fingerprint density at radius 2 is 2.05 bits per heavy atom. The van der Waals surface area contributed by atoms with Crippen LogP contribution in [0.25, 0.3) is 0 Å². The van der Waals surface area contributed by atoms with Crippen molar-refractivity contribution in [3.8, 4) is 0 Å². The van der Waals surface area contributed by atoms with Gasteiger partial charge in [0.2, 0.25) is 10.0 Å². The van der Waals surface area contributed by atoms with E-state index in [1.165, 1.54) is 4.31 Å². The van der Waals surface area contributed by atoms with Crippen molar-refractivity contribution in [3.05, 3.63) is 22.2 Å². The molecule has 0 saturated heterocycles. The number of anilines is 1. The van der Waals surface area contributed by atoms with Crippen LogP contribution in [-0.2, 0) is 10.0 Å². The number of nitrogens with zero attached hydrogens (tertiary/aromatic N) is 1. The zero-order chi connectivity index (χ0) is 14.8. The molecule has 1 atom stereocenters. The molecule has 19 heavy (non-hydrogen) atoms. The Bertz CT molecular complexity index is 561. The topological polar surface area (TPSA) is 63.4 Å². The van der Waals surface area contributed by atoms with Crippen molar-refractivity contribution in [1.82, 2.24) is 4.31 Å². The SMILES string of the molecule is CSCC(C)N(C)S(=O)(=O)c1cc(Br)cc(N)c1C. The van der Waals surface area contributed by atoms with Crippen LogP contribution in [0.5, 0.6) is 0 Å². The highest BCUT2D eigenvalue weighted by atomic mass is 79.9. The van der Waals surface area contributed by atoms with Gasteiger partial charge in [-0.1, -0.05) is 15.9 Å². The highest BCUT2D eigenvalue weighted by Crippen LogP contribution is 2.29. The lowest BCUT2D eigenvalue weighted by atomic mass is 10.2. The molecule has 0 aliphatic rings. The number of thioether (sulfide) groups is 1. The Morgan fingerprint density at radius 3 is 2.58 bits per heavy atom. The zero-order valence-corrected chi connectivity index (χ0v) is 14.7. The Labute approximate surface area is 127 Å². The number of halogens is 1. The summed E-state index contributed by atoms with van der Waals surface area (Å²) in [6.45, 7) is 3.62. The van der Waals surface area contributed by atoms with Gasteiger partial charge in [-0.25, -0.2) is 8.42 Å². The van der Waals surface area contributed by atoms with Crippen LogP contribution in [0, 0.1) is 6.92 Å². The lowest BCUT2D eigenvalue weighted by Gasteiger charge is -2.25. The molecule has 0 heterocycles. The van der Waals surface area contributed by atoms with Crippen LogP contribution in [-0.4, -0.2) is 37.8 Å². The molecule has 0 aromatic heterocycles. The van der Waals surface area contributed by atoms with Gasteiger partial charge in [-0.2, -0.15) is 16.1 Å².